The summed E-state index contributed by atoms with van der Waals surface area (Å²) in [7, 11) is 0. The molecule has 0 radical (unpaired) electrons. The van der Waals surface area contributed by atoms with Gasteiger partial charge >= 0.3 is 0 Å². The third-order valence-corrected chi connectivity index (χ3v) is 6.43. The van der Waals surface area contributed by atoms with Crippen molar-refractivity contribution in [2.45, 2.75) is 50.9 Å². The van der Waals surface area contributed by atoms with Crippen molar-refractivity contribution in [1.82, 2.24) is 0 Å². The van der Waals surface area contributed by atoms with Crippen molar-refractivity contribution in [2.24, 2.45) is 5.92 Å². The van der Waals surface area contributed by atoms with Crippen LogP contribution in [0.3, 0.4) is 0 Å². The van der Waals surface area contributed by atoms with E-state index in [-0.39, 0.29) is 0 Å². The lowest BCUT2D eigenvalue weighted by Crippen LogP contribution is -2.04. The Morgan fingerprint density at radius 2 is 1.56 bits per heavy atom. The molecule has 0 heteroatoms. The summed E-state index contributed by atoms with van der Waals surface area (Å²) in [6.45, 7) is 0. The zero-order chi connectivity index (χ0) is 18.1. The molecule has 0 aliphatic heterocycles. The van der Waals surface area contributed by atoms with Gasteiger partial charge in [0.2, 0.25) is 0 Å². The molecule has 0 amide bonds. The molecule has 136 valence electrons. The van der Waals surface area contributed by atoms with Crippen LogP contribution in [0.15, 0.2) is 78.4 Å². The van der Waals surface area contributed by atoms with E-state index >= 15 is 0 Å². The highest BCUT2D eigenvalue weighted by Gasteiger charge is 2.33. The summed E-state index contributed by atoms with van der Waals surface area (Å²) in [5, 5.41) is 5.75. The molecule has 0 aromatic heterocycles. The maximum absolute atomic E-state index is 2.44. The molecule has 1 atom stereocenters. The van der Waals surface area contributed by atoms with Crippen molar-refractivity contribution in [3.05, 3.63) is 84.0 Å². The Bertz CT molecular complexity index is 963. The van der Waals surface area contributed by atoms with E-state index in [0.717, 1.165) is 5.92 Å². The van der Waals surface area contributed by atoms with Crippen molar-refractivity contribution in [1.29, 1.82) is 0 Å². The SMILES string of the molecule is C1=CC(CCCC(c2c3ccccc3cc3ccccc23)C2CC2)=CCC1. The molecule has 27 heavy (non-hydrogen) atoms. The number of hydrogen-bond donors (Lipinski definition) is 0. The molecular weight excluding hydrogens is 324 g/mol. The van der Waals surface area contributed by atoms with Gasteiger partial charge in [0.25, 0.3) is 0 Å². The molecule has 3 aromatic carbocycles. The van der Waals surface area contributed by atoms with Gasteiger partial charge < -0.3 is 0 Å². The molecule has 0 nitrogen and oxygen atoms in total. The smallest absolute Gasteiger partial charge is 0.0121 e. The summed E-state index contributed by atoms with van der Waals surface area (Å²) < 4.78 is 0. The van der Waals surface area contributed by atoms with E-state index in [0.29, 0.717) is 5.92 Å². The van der Waals surface area contributed by atoms with Crippen LogP contribution in [0.25, 0.3) is 21.5 Å². The molecule has 0 bridgehead atoms. The second kappa shape index (κ2) is 7.35. The van der Waals surface area contributed by atoms with E-state index in [9.17, 15) is 0 Å². The molecule has 3 aromatic rings. The normalized spacial score (nSPS) is 18.0. The maximum Gasteiger partial charge on any atom is -0.0121 e. The van der Waals surface area contributed by atoms with Crippen molar-refractivity contribution in [2.75, 3.05) is 0 Å². The Labute approximate surface area is 162 Å². The van der Waals surface area contributed by atoms with Gasteiger partial charge in [0, 0.05) is 0 Å². The number of hydrogen-bond acceptors (Lipinski definition) is 0. The average Bonchev–Trinajstić information content (AvgIpc) is 3.56. The van der Waals surface area contributed by atoms with Crippen LogP contribution in [0, 0.1) is 5.92 Å². The van der Waals surface area contributed by atoms with Gasteiger partial charge in [-0.25, -0.2) is 0 Å². The maximum atomic E-state index is 2.44. The Balaban J connectivity index is 1.52. The first-order valence-electron chi connectivity index (χ1n) is 10.7. The monoisotopic (exact) mass is 352 g/mol. The number of allylic oxidation sites excluding steroid dienone is 4. The fraction of sp³-hybridized carbons (Fsp3) is 0.333. The van der Waals surface area contributed by atoms with Gasteiger partial charge in [-0.2, -0.15) is 0 Å². The highest BCUT2D eigenvalue weighted by Crippen LogP contribution is 2.49. The fourth-order valence-corrected chi connectivity index (χ4v) is 4.94. The van der Waals surface area contributed by atoms with Crippen molar-refractivity contribution in [3.8, 4) is 0 Å². The van der Waals surface area contributed by atoms with Crippen LogP contribution in [-0.4, -0.2) is 0 Å². The Kier molecular flexibility index (Phi) is 4.57. The lowest BCUT2D eigenvalue weighted by molar-refractivity contribution is 0.541. The second-order valence-electron chi connectivity index (χ2n) is 8.33. The van der Waals surface area contributed by atoms with E-state index < -0.39 is 0 Å². The van der Waals surface area contributed by atoms with Gasteiger partial charge in [0.1, 0.15) is 0 Å². The minimum atomic E-state index is 0.703. The lowest BCUT2D eigenvalue weighted by atomic mass is 9.82. The van der Waals surface area contributed by atoms with E-state index in [4.69, 9.17) is 0 Å². The molecule has 0 N–H and O–H groups in total. The molecule has 2 aliphatic carbocycles. The minimum absolute atomic E-state index is 0.703. The van der Waals surface area contributed by atoms with Crippen LogP contribution in [0.5, 0.6) is 0 Å². The molecule has 0 heterocycles. The quantitative estimate of drug-likeness (QED) is 0.395. The van der Waals surface area contributed by atoms with E-state index in [1.165, 1.54) is 66.5 Å². The first kappa shape index (κ1) is 16.8. The Hall–Kier alpha value is -2.34. The molecule has 1 unspecified atom stereocenters. The van der Waals surface area contributed by atoms with Crippen molar-refractivity contribution < 1.29 is 0 Å². The highest BCUT2D eigenvalue weighted by atomic mass is 14.4. The highest BCUT2D eigenvalue weighted by molar-refractivity contribution is 6.02. The summed E-state index contributed by atoms with van der Waals surface area (Å²) in [6.07, 6.45) is 16.2. The van der Waals surface area contributed by atoms with Crippen molar-refractivity contribution in [3.63, 3.8) is 0 Å². The van der Waals surface area contributed by atoms with Crippen LogP contribution in [0.4, 0.5) is 0 Å². The van der Waals surface area contributed by atoms with Gasteiger partial charge in [-0.15, -0.1) is 0 Å². The van der Waals surface area contributed by atoms with Crippen LogP contribution < -0.4 is 0 Å². The predicted molar refractivity (Wildman–Crippen MR) is 117 cm³/mol. The fourth-order valence-electron chi connectivity index (χ4n) is 4.94. The zero-order valence-electron chi connectivity index (χ0n) is 16.0. The second-order valence-corrected chi connectivity index (χ2v) is 8.33. The first-order chi connectivity index (χ1) is 13.4. The van der Waals surface area contributed by atoms with E-state index in [1.54, 1.807) is 11.1 Å². The molecule has 1 fully saturated rings. The summed E-state index contributed by atoms with van der Waals surface area (Å²) in [5.41, 5.74) is 3.18. The topological polar surface area (TPSA) is 0 Å². The number of benzene rings is 3. The summed E-state index contributed by atoms with van der Waals surface area (Å²) in [4.78, 5) is 0. The van der Waals surface area contributed by atoms with Gasteiger partial charge in [-0.05, 0) is 90.0 Å². The van der Waals surface area contributed by atoms with Crippen LogP contribution in [-0.2, 0) is 0 Å². The largest absolute Gasteiger partial charge is 0.0840 e. The summed E-state index contributed by atoms with van der Waals surface area (Å²) in [5.74, 6) is 1.59. The predicted octanol–water partition coefficient (Wildman–Crippen LogP) is 7.93. The first-order valence-corrected chi connectivity index (χ1v) is 10.7. The van der Waals surface area contributed by atoms with Crippen LogP contribution in [0.1, 0.15) is 56.4 Å². The third kappa shape index (κ3) is 3.46. The molecule has 1 saturated carbocycles. The standard InChI is InChI=1S/C27H28/c1-2-9-20(10-3-1)11-8-16-24(21-17-18-21)27-25-14-6-4-12-22(25)19-23-13-5-7-15-26(23)27/h2,4-7,9-10,12-15,19,21,24H,1,3,8,11,16-18H2. The van der Waals surface area contributed by atoms with Crippen LogP contribution >= 0.6 is 0 Å². The van der Waals surface area contributed by atoms with Gasteiger partial charge in [0.05, 0.1) is 0 Å². The molecule has 0 saturated heterocycles. The van der Waals surface area contributed by atoms with Crippen LogP contribution in [0.2, 0.25) is 0 Å². The van der Waals surface area contributed by atoms with E-state index in [1.807, 2.05) is 0 Å². The Morgan fingerprint density at radius 3 is 2.19 bits per heavy atom. The van der Waals surface area contributed by atoms with Gasteiger partial charge in [-0.1, -0.05) is 72.3 Å². The molecule has 5 rings (SSSR count). The van der Waals surface area contributed by atoms with Gasteiger partial charge in [-0.3, -0.25) is 0 Å². The third-order valence-electron chi connectivity index (χ3n) is 6.43. The summed E-state index contributed by atoms with van der Waals surface area (Å²) >= 11 is 0. The zero-order valence-corrected chi connectivity index (χ0v) is 16.0. The average molecular weight is 353 g/mol. The summed E-state index contributed by atoms with van der Waals surface area (Å²) in [6, 6.07) is 20.4. The Morgan fingerprint density at radius 1 is 0.852 bits per heavy atom. The lowest BCUT2D eigenvalue weighted by Gasteiger charge is -2.22. The number of fused-ring (bicyclic) bond motifs is 2. The van der Waals surface area contributed by atoms with Crippen molar-refractivity contribution >= 4 is 21.5 Å². The molecular formula is C27H28. The molecule has 0 spiro atoms. The molecule has 2 aliphatic rings. The van der Waals surface area contributed by atoms with Gasteiger partial charge in [0.15, 0.2) is 0 Å². The van der Waals surface area contributed by atoms with E-state index in [2.05, 4.69) is 72.8 Å². The minimum Gasteiger partial charge on any atom is -0.0840 e. The number of rotatable bonds is 6.